The van der Waals surface area contributed by atoms with Gasteiger partial charge >= 0.3 is 0 Å². The van der Waals surface area contributed by atoms with Gasteiger partial charge in [-0.1, -0.05) is 35.5 Å². The van der Waals surface area contributed by atoms with Crippen LogP contribution in [0.25, 0.3) is 11.3 Å². The summed E-state index contributed by atoms with van der Waals surface area (Å²) >= 11 is 0. The van der Waals surface area contributed by atoms with Gasteiger partial charge in [-0.05, 0) is 0 Å². The molecule has 2 heterocycles. The third kappa shape index (κ3) is 1.43. The van der Waals surface area contributed by atoms with Gasteiger partial charge in [0.1, 0.15) is 5.69 Å². The first-order valence-corrected chi connectivity index (χ1v) is 5.13. The molecule has 4 heteroatoms. The topological polar surface area (TPSA) is 42.7 Å². The molecule has 0 unspecified atom stereocenters. The molecule has 0 atom stereocenters. The number of hydrogen-bond donors (Lipinski definition) is 1. The van der Waals surface area contributed by atoms with Crippen LogP contribution in [-0.4, -0.2) is 21.5 Å². The van der Waals surface area contributed by atoms with E-state index in [1.807, 2.05) is 22.9 Å². The van der Waals surface area contributed by atoms with Crippen LogP contribution in [0.3, 0.4) is 0 Å². The molecule has 15 heavy (non-hydrogen) atoms. The molecule has 0 saturated carbocycles. The summed E-state index contributed by atoms with van der Waals surface area (Å²) in [7, 11) is 0. The minimum Gasteiger partial charge on any atom is -0.309 e. The number of hydrogen-bond acceptors (Lipinski definition) is 3. The van der Waals surface area contributed by atoms with Gasteiger partial charge in [-0.3, -0.25) is 0 Å². The predicted molar refractivity (Wildman–Crippen MR) is 57.2 cm³/mol. The molecule has 0 saturated heterocycles. The molecule has 1 aliphatic heterocycles. The van der Waals surface area contributed by atoms with Crippen molar-refractivity contribution in [2.45, 2.75) is 13.1 Å². The number of nitrogens with one attached hydrogen (secondary N) is 1. The Labute approximate surface area is 87.9 Å². The lowest BCUT2D eigenvalue weighted by atomic mass is 10.1. The van der Waals surface area contributed by atoms with Crippen LogP contribution in [0.5, 0.6) is 0 Å². The van der Waals surface area contributed by atoms with E-state index in [2.05, 4.69) is 27.8 Å². The highest BCUT2D eigenvalue weighted by Crippen LogP contribution is 2.21. The van der Waals surface area contributed by atoms with Crippen molar-refractivity contribution >= 4 is 0 Å². The third-order valence-corrected chi connectivity index (χ3v) is 2.68. The Hall–Kier alpha value is -1.68. The van der Waals surface area contributed by atoms with Crippen molar-refractivity contribution in [2.24, 2.45) is 0 Å². The standard InChI is InChI=1S/C11H12N4/c1-2-4-9(5-3-1)11-10-8-12-6-7-15(10)14-13-11/h1-5,12H,6-8H2. The highest BCUT2D eigenvalue weighted by Gasteiger charge is 2.16. The van der Waals surface area contributed by atoms with E-state index in [1.54, 1.807) is 0 Å². The van der Waals surface area contributed by atoms with Gasteiger partial charge in [-0.25, -0.2) is 4.68 Å². The fourth-order valence-electron chi connectivity index (χ4n) is 1.90. The summed E-state index contributed by atoms with van der Waals surface area (Å²) in [5.41, 5.74) is 3.33. The molecule has 76 valence electrons. The Balaban J connectivity index is 2.09. The van der Waals surface area contributed by atoms with E-state index in [0.29, 0.717) is 0 Å². The lowest BCUT2D eigenvalue weighted by molar-refractivity contribution is 0.468. The van der Waals surface area contributed by atoms with Crippen molar-refractivity contribution in [1.29, 1.82) is 0 Å². The van der Waals surface area contributed by atoms with Crippen molar-refractivity contribution in [1.82, 2.24) is 20.3 Å². The summed E-state index contributed by atoms with van der Waals surface area (Å²) in [5.74, 6) is 0. The first kappa shape index (κ1) is 8.61. The maximum absolute atomic E-state index is 4.24. The Morgan fingerprint density at radius 2 is 2.07 bits per heavy atom. The maximum atomic E-state index is 4.24. The minimum atomic E-state index is 0.858. The molecule has 3 rings (SSSR count). The second kappa shape index (κ2) is 3.47. The molecule has 4 nitrogen and oxygen atoms in total. The van der Waals surface area contributed by atoms with E-state index in [-0.39, 0.29) is 0 Å². The molecule has 1 aromatic carbocycles. The first-order valence-electron chi connectivity index (χ1n) is 5.13. The van der Waals surface area contributed by atoms with Crippen molar-refractivity contribution < 1.29 is 0 Å². The number of benzene rings is 1. The first-order chi connectivity index (χ1) is 7.45. The molecule has 0 spiro atoms. The van der Waals surface area contributed by atoms with Gasteiger partial charge in [0.15, 0.2) is 0 Å². The summed E-state index contributed by atoms with van der Waals surface area (Å²) in [6, 6.07) is 10.2. The largest absolute Gasteiger partial charge is 0.309 e. The molecule has 0 fully saturated rings. The van der Waals surface area contributed by atoms with Crippen LogP contribution < -0.4 is 5.32 Å². The Kier molecular flexibility index (Phi) is 1.99. The molecular formula is C11H12N4. The van der Waals surface area contributed by atoms with Crippen molar-refractivity contribution in [3.8, 4) is 11.3 Å². The number of nitrogens with zero attached hydrogens (tertiary/aromatic N) is 3. The van der Waals surface area contributed by atoms with Gasteiger partial charge in [-0.15, -0.1) is 5.10 Å². The van der Waals surface area contributed by atoms with E-state index in [0.717, 1.165) is 30.9 Å². The average molecular weight is 200 g/mol. The Bertz CT molecular complexity index is 461. The Morgan fingerprint density at radius 1 is 1.20 bits per heavy atom. The van der Waals surface area contributed by atoms with Crippen LogP contribution in [0.15, 0.2) is 30.3 Å². The molecule has 1 aliphatic rings. The fraction of sp³-hybridized carbons (Fsp3) is 0.273. The second-order valence-electron chi connectivity index (χ2n) is 3.65. The lowest BCUT2D eigenvalue weighted by Crippen LogP contribution is -2.28. The van der Waals surface area contributed by atoms with Crippen LogP contribution in [0, 0.1) is 0 Å². The molecule has 2 aromatic rings. The summed E-state index contributed by atoms with van der Waals surface area (Å²) < 4.78 is 1.98. The molecule has 0 amide bonds. The van der Waals surface area contributed by atoms with E-state index in [1.165, 1.54) is 5.69 Å². The van der Waals surface area contributed by atoms with E-state index >= 15 is 0 Å². The van der Waals surface area contributed by atoms with E-state index in [4.69, 9.17) is 0 Å². The van der Waals surface area contributed by atoms with Gasteiger partial charge in [0.25, 0.3) is 0 Å². The van der Waals surface area contributed by atoms with Gasteiger partial charge < -0.3 is 5.32 Å². The van der Waals surface area contributed by atoms with Gasteiger partial charge in [-0.2, -0.15) is 0 Å². The molecule has 0 aliphatic carbocycles. The monoisotopic (exact) mass is 200 g/mol. The molecular weight excluding hydrogens is 188 g/mol. The van der Waals surface area contributed by atoms with Crippen molar-refractivity contribution in [2.75, 3.05) is 6.54 Å². The minimum absolute atomic E-state index is 0.858. The zero-order valence-electron chi connectivity index (χ0n) is 8.35. The zero-order chi connectivity index (χ0) is 10.1. The van der Waals surface area contributed by atoms with Gasteiger partial charge in [0.2, 0.25) is 0 Å². The van der Waals surface area contributed by atoms with Crippen LogP contribution in [0.2, 0.25) is 0 Å². The van der Waals surface area contributed by atoms with E-state index < -0.39 is 0 Å². The SMILES string of the molecule is c1ccc(-c2nnn3c2CNCC3)cc1. The third-order valence-electron chi connectivity index (χ3n) is 2.68. The summed E-state index contributed by atoms with van der Waals surface area (Å²) in [6.07, 6.45) is 0. The van der Waals surface area contributed by atoms with Gasteiger partial charge in [0.05, 0.1) is 12.2 Å². The molecule has 1 aromatic heterocycles. The van der Waals surface area contributed by atoms with E-state index in [9.17, 15) is 0 Å². The second-order valence-corrected chi connectivity index (χ2v) is 3.65. The zero-order valence-corrected chi connectivity index (χ0v) is 8.35. The van der Waals surface area contributed by atoms with Crippen LogP contribution >= 0.6 is 0 Å². The lowest BCUT2D eigenvalue weighted by Gasteiger charge is -2.14. The molecule has 0 bridgehead atoms. The molecule has 0 radical (unpaired) electrons. The summed E-state index contributed by atoms with van der Waals surface area (Å²) in [6.45, 7) is 2.75. The van der Waals surface area contributed by atoms with Crippen molar-refractivity contribution in [3.05, 3.63) is 36.0 Å². The number of aromatic nitrogens is 3. The van der Waals surface area contributed by atoms with Crippen LogP contribution in [0.1, 0.15) is 5.69 Å². The molecule has 1 N–H and O–H groups in total. The smallest absolute Gasteiger partial charge is 0.117 e. The van der Waals surface area contributed by atoms with Gasteiger partial charge in [0, 0.05) is 18.7 Å². The highest BCUT2D eigenvalue weighted by atomic mass is 15.4. The normalized spacial score (nSPS) is 14.9. The quantitative estimate of drug-likeness (QED) is 0.748. The highest BCUT2D eigenvalue weighted by molar-refractivity contribution is 5.61. The summed E-state index contributed by atoms with van der Waals surface area (Å²) in [5, 5.41) is 11.7. The van der Waals surface area contributed by atoms with Crippen LogP contribution in [0.4, 0.5) is 0 Å². The fourth-order valence-corrected chi connectivity index (χ4v) is 1.90. The number of rotatable bonds is 1. The van der Waals surface area contributed by atoms with Crippen molar-refractivity contribution in [3.63, 3.8) is 0 Å². The van der Waals surface area contributed by atoms with Crippen LogP contribution in [-0.2, 0) is 13.1 Å². The average Bonchev–Trinajstić information content (AvgIpc) is 2.74. The Morgan fingerprint density at radius 3 is 2.93 bits per heavy atom. The maximum Gasteiger partial charge on any atom is 0.117 e. The number of fused-ring (bicyclic) bond motifs is 1. The predicted octanol–water partition coefficient (Wildman–Crippen LogP) is 1.05. The summed E-state index contributed by atoms with van der Waals surface area (Å²) in [4.78, 5) is 0.